The Morgan fingerprint density at radius 1 is 1.38 bits per heavy atom. The summed E-state index contributed by atoms with van der Waals surface area (Å²) in [6, 6.07) is 4.38. The highest BCUT2D eigenvalue weighted by Crippen LogP contribution is 2.27. The third kappa shape index (κ3) is 3.45. The van der Waals surface area contributed by atoms with Gasteiger partial charge in [0.1, 0.15) is 11.5 Å². The average molecular weight is 228 g/mol. The first kappa shape index (κ1) is 12.9. The van der Waals surface area contributed by atoms with E-state index in [0.717, 1.165) is 6.42 Å². The van der Waals surface area contributed by atoms with Gasteiger partial charge < -0.3 is 11.1 Å². The third-order valence-electron chi connectivity index (χ3n) is 2.35. The highest BCUT2D eigenvalue weighted by atomic mass is 19.1. The van der Waals surface area contributed by atoms with Crippen molar-refractivity contribution in [2.75, 3.05) is 18.4 Å². The van der Waals surface area contributed by atoms with Gasteiger partial charge in [-0.15, -0.1) is 0 Å². The van der Waals surface area contributed by atoms with Crippen LogP contribution >= 0.6 is 0 Å². The molecule has 0 radical (unpaired) electrons. The van der Waals surface area contributed by atoms with E-state index in [2.05, 4.69) is 5.32 Å². The van der Waals surface area contributed by atoms with Gasteiger partial charge in [-0.2, -0.15) is 0 Å². The van der Waals surface area contributed by atoms with Crippen molar-refractivity contribution < 1.29 is 8.78 Å². The van der Waals surface area contributed by atoms with E-state index in [-0.39, 0.29) is 0 Å². The van der Waals surface area contributed by atoms with Crippen LogP contribution in [0, 0.1) is 5.82 Å². The van der Waals surface area contributed by atoms with Crippen LogP contribution in [0.25, 0.3) is 0 Å². The fraction of sp³-hybridized carbons (Fsp3) is 0.500. The molecule has 0 bridgehead atoms. The summed E-state index contributed by atoms with van der Waals surface area (Å²) in [4.78, 5) is 0. The summed E-state index contributed by atoms with van der Waals surface area (Å²) in [5, 5.41) is 2.92. The average Bonchev–Trinajstić information content (AvgIpc) is 2.19. The number of rotatable bonds is 5. The Kier molecular flexibility index (Phi) is 4.24. The molecule has 0 spiro atoms. The molecule has 16 heavy (non-hydrogen) atoms. The van der Waals surface area contributed by atoms with Crippen LogP contribution in [0.2, 0.25) is 0 Å². The van der Waals surface area contributed by atoms with Crippen LogP contribution in [0.5, 0.6) is 0 Å². The highest BCUT2D eigenvalue weighted by molar-refractivity contribution is 5.47. The maximum Gasteiger partial charge on any atom is 0.146 e. The predicted molar refractivity (Wildman–Crippen MR) is 62.7 cm³/mol. The van der Waals surface area contributed by atoms with Gasteiger partial charge in [0.15, 0.2) is 0 Å². The lowest BCUT2D eigenvalue weighted by Gasteiger charge is -2.16. The molecule has 0 saturated carbocycles. The number of hydrogen-bond donors (Lipinski definition) is 2. The molecule has 1 rings (SSSR count). The van der Waals surface area contributed by atoms with Crippen LogP contribution in [0.15, 0.2) is 18.2 Å². The maximum atomic E-state index is 13.5. The first-order valence-electron chi connectivity index (χ1n) is 5.38. The van der Waals surface area contributed by atoms with Crippen molar-refractivity contribution >= 4 is 5.69 Å². The summed E-state index contributed by atoms with van der Waals surface area (Å²) < 4.78 is 27.1. The van der Waals surface area contributed by atoms with Crippen molar-refractivity contribution in [1.29, 1.82) is 0 Å². The van der Waals surface area contributed by atoms with E-state index in [4.69, 9.17) is 5.73 Å². The minimum atomic E-state index is -1.52. The molecule has 1 aromatic carbocycles. The molecule has 4 heteroatoms. The summed E-state index contributed by atoms with van der Waals surface area (Å²) in [6.45, 7) is 3.99. The highest BCUT2D eigenvalue weighted by Gasteiger charge is 2.19. The molecule has 0 atom stereocenters. The van der Waals surface area contributed by atoms with E-state index in [1.165, 1.54) is 19.9 Å². The fourth-order valence-electron chi connectivity index (χ4n) is 1.35. The zero-order chi connectivity index (χ0) is 12.2. The smallest absolute Gasteiger partial charge is 0.146 e. The molecule has 0 aliphatic carbocycles. The molecule has 0 heterocycles. The Labute approximate surface area is 94.8 Å². The van der Waals surface area contributed by atoms with E-state index >= 15 is 0 Å². The quantitative estimate of drug-likeness (QED) is 0.760. The second-order valence-electron chi connectivity index (χ2n) is 4.24. The standard InChI is InChI=1S/C12H18F2N2/c1-12(2,14)9-4-5-11(10(13)8-9)16-7-3-6-15/h4-5,8,16H,3,6-7,15H2,1-2H3. The number of alkyl halides is 1. The van der Waals surface area contributed by atoms with Gasteiger partial charge in [0.25, 0.3) is 0 Å². The molecule has 0 saturated heterocycles. The molecule has 3 N–H and O–H groups in total. The fourth-order valence-corrected chi connectivity index (χ4v) is 1.35. The zero-order valence-corrected chi connectivity index (χ0v) is 9.69. The molecule has 0 aromatic heterocycles. The van der Waals surface area contributed by atoms with Gasteiger partial charge in [-0.3, -0.25) is 0 Å². The van der Waals surface area contributed by atoms with E-state index in [1.54, 1.807) is 12.1 Å². The molecular formula is C12H18F2N2. The van der Waals surface area contributed by atoms with Gasteiger partial charge in [0, 0.05) is 6.54 Å². The Morgan fingerprint density at radius 2 is 2.06 bits per heavy atom. The lowest BCUT2D eigenvalue weighted by Crippen LogP contribution is -2.12. The molecule has 2 nitrogen and oxygen atoms in total. The second-order valence-corrected chi connectivity index (χ2v) is 4.24. The second kappa shape index (κ2) is 5.25. The molecule has 0 fully saturated rings. The number of anilines is 1. The largest absolute Gasteiger partial charge is 0.383 e. The van der Waals surface area contributed by atoms with Gasteiger partial charge in [0.2, 0.25) is 0 Å². The molecule has 90 valence electrons. The third-order valence-corrected chi connectivity index (χ3v) is 2.35. The summed E-state index contributed by atoms with van der Waals surface area (Å²) in [7, 11) is 0. The van der Waals surface area contributed by atoms with Crippen molar-refractivity contribution in [3.05, 3.63) is 29.6 Å². The van der Waals surface area contributed by atoms with Gasteiger partial charge in [-0.05, 0) is 44.5 Å². The van der Waals surface area contributed by atoms with E-state index in [1.807, 2.05) is 0 Å². The Balaban J connectivity index is 2.76. The van der Waals surface area contributed by atoms with Crippen molar-refractivity contribution in [2.45, 2.75) is 25.9 Å². The van der Waals surface area contributed by atoms with E-state index in [9.17, 15) is 8.78 Å². The summed E-state index contributed by atoms with van der Waals surface area (Å²) in [5.41, 5.74) is 4.54. The number of nitrogens with two attached hydrogens (primary N) is 1. The van der Waals surface area contributed by atoms with Crippen LogP contribution < -0.4 is 11.1 Å². The van der Waals surface area contributed by atoms with Crippen LogP contribution in [-0.2, 0) is 5.67 Å². The SMILES string of the molecule is CC(C)(F)c1ccc(NCCCN)c(F)c1. The summed E-state index contributed by atoms with van der Waals surface area (Å²) in [5.74, 6) is -0.430. The minimum Gasteiger partial charge on any atom is -0.383 e. The lowest BCUT2D eigenvalue weighted by atomic mass is 10.00. The van der Waals surface area contributed by atoms with Crippen LogP contribution in [-0.4, -0.2) is 13.1 Å². The Morgan fingerprint density at radius 3 is 2.56 bits per heavy atom. The lowest BCUT2D eigenvalue weighted by molar-refractivity contribution is 0.221. The Hall–Kier alpha value is -1.16. The van der Waals surface area contributed by atoms with Gasteiger partial charge >= 0.3 is 0 Å². The molecule has 0 unspecified atom stereocenters. The predicted octanol–water partition coefficient (Wildman–Crippen LogP) is 2.79. The topological polar surface area (TPSA) is 38.0 Å². The maximum absolute atomic E-state index is 13.5. The van der Waals surface area contributed by atoms with E-state index < -0.39 is 11.5 Å². The van der Waals surface area contributed by atoms with Crippen molar-refractivity contribution in [2.24, 2.45) is 5.73 Å². The zero-order valence-electron chi connectivity index (χ0n) is 9.69. The monoisotopic (exact) mass is 228 g/mol. The van der Waals surface area contributed by atoms with Gasteiger partial charge in [0.05, 0.1) is 5.69 Å². The molecule has 0 amide bonds. The van der Waals surface area contributed by atoms with Crippen LogP contribution in [0.3, 0.4) is 0 Å². The molecular weight excluding hydrogens is 210 g/mol. The number of hydrogen-bond acceptors (Lipinski definition) is 2. The normalized spacial score (nSPS) is 11.6. The molecule has 0 aliphatic heterocycles. The Bertz CT molecular complexity index is 345. The number of benzene rings is 1. The van der Waals surface area contributed by atoms with Crippen LogP contribution in [0.1, 0.15) is 25.8 Å². The first-order chi connectivity index (χ1) is 7.45. The van der Waals surface area contributed by atoms with Crippen LogP contribution in [0.4, 0.5) is 14.5 Å². The minimum absolute atomic E-state index is 0.342. The first-order valence-corrected chi connectivity index (χ1v) is 5.38. The summed E-state index contributed by atoms with van der Waals surface area (Å²) in [6.07, 6.45) is 0.774. The number of halogens is 2. The van der Waals surface area contributed by atoms with Crippen molar-refractivity contribution in [3.63, 3.8) is 0 Å². The number of nitrogens with one attached hydrogen (secondary N) is 1. The van der Waals surface area contributed by atoms with Crippen molar-refractivity contribution in [1.82, 2.24) is 0 Å². The van der Waals surface area contributed by atoms with E-state index in [0.29, 0.717) is 24.3 Å². The molecule has 1 aromatic rings. The van der Waals surface area contributed by atoms with Gasteiger partial charge in [-0.1, -0.05) is 6.07 Å². The summed E-state index contributed by atoms with van der Waals surface area (Å²) >= 11 is 0. The van der Waals surface area contributed by atoms with Crippen molar-refractivity contribution in [3.8, 4) is 0 Å². The van der Waals surface area contributed by atoms with Gasteiger partial charge in [-0.25, -0.2) is 8.78 Å². The molecule has 0 aliphatic rings.